The van der Waals surface area contributed by atoms with Crippen LogP contribution >= 0.6 is 0 Å². The number of hydrogen-bond acceptors (Lipinski definition) is 3. The molecule has 0 spiro atoms. The Morgan fingerprint density at radius 3 is 1.72 bits per heavy atom. The molecule has 0 radical (unpaired) electrons. The van der Waals surface area contributed by atoms with Gasteiger partial charge in [-0.2, -0.15) is 8.42 Å². The van der Waals surface area contributed by atoms with Crippen LogP contribution in [0.15, 0.2) is 12.1 Å². The van der Waals surface area contributed by atoms with Crippen LogP contribution in [0.2, 0.25) is 0 Å². The van der Waals surface area contributed by atoms with Gasteiger partial charge in [0.1, 0.15) is 11.2 Å². The summed E-state index contributed by atoms with van der Waals surface area (Å²) in [6.45, 7) is 21.7. The normalized spacial score (nSPS) is 14.3. The van der Waals surface area contributed by atoms with E-state index in [4.69, 9.17) is 4.28 Å². The smallest absolute Gasteiger partial charge is 0.270 e. The summed E-state index contributed by atoms with van der Waals surface area (Å²) in [5.74, 6) is 0.317. The molecule has 0 aliphatic rings. The topological polar surface area (TPSA) is 90.7 Å². The molecule has 0 aliphatic heterocycles. The van der Waals surface area contributed by atoms with Crippen molar-refractivity contribution in [1.82, 2.24) is 5.32 Å². The van der Waals surface area contributed by atoms with E-state index in [1.54, 1.807) is 20.8 Å². The lowest BCUT2D eigenvalue weighted by molar-refractivity contribution is -0.795. The number of hydroxylamine groups is 1. The van der Waals surface area contributed by atoms with Crippen molar-refractivity contribution in [2.75, 3.05) is 5.32 Å². The second-order valence-corrected chi connectivity index (χ2v) is 11.6. The maximum atomic E-state index is 11.5. The summed E-state index contributed by atoms with van der Waals surface area (Å²) in [6.07, 6.45) is 0. The van der Waals surface area contributed by atoms with Crippen molar-refractivity contribution in [3.05, 3.63) is 28.8 Å². The first-order valence-corrected chi connectivity index (χ1v) is 11.1. The third-order valence-electron chi connectivity index (χ3n) is 4.12. The predicted molar refractivity (Wildman–Crippen MR) is 119 cm³/mol. The highest BCUT2D eigenvalue weighted by Gasteiger charge is 2.34. The first-order valence-electron chi connectivity index (χ1n) is 9.72. The molecule has 166 valence electrons. The lowest BCUT2D eigenvalue weighted by Crippen LogP contribution is -2.53. The Morgan fingerprint density at radius 1 is 0.966 bits per heavy atom. The van der Waals surface area contributed by atoms with Crippen molar-refractivity contribution in [1.29, 1.82) is 0 Å². The molecular formula is C21H38N3O4S+. The Morgan fingerprint density at radius 2 is 1.41 bits per heavy atom. The first kappa shape index (κ1) is 25.2. The standard InChI is InChI=1S/C21H37N3O4S/c1-14-12-16(19(3,4)5)13-15(2)17(14)22-18(23-20(6,7)8)24(21(9,10)11)28-29(25,26)27/h12-13H,1-11H3,(H2,22,23,25,26,27)/p+1. The zero-order chi connectivity index (χ0) is 23.0. The molecule has 0 fully saturated rings. The van der Waals surface area contributed by atoms with Crippen LogP contribution in [0, 0.1) is 13.8 Å². The molecule has 0 saturated heterocycles. The van der Waals surface area contributed by atoms with E-state index in [0.717, 1.165) is 21.6 Å². The van der Waals surface area contributed by atoms with Crippen LogP contribution in [0.5, 0.6) is 0 Å². The number of rotatable bonds is 3. The van der Waals surface area contributed by atoms with E-state index in [0.29, 0.717) is 5.96 Å². The quantitative estimate of drug-likeness (QED) is 0.219. The summed E-state index contributed by atoms with van der Waals surface area (Å²) in [6, 6.07) is 4.24. The van der Waals surface area contributed by atoms with Gasteiger partial charge in [0.2, 0.25) is 0 Å². The van der Waals surface area contributed by atoms with Gasteiger partial charge in [-0.3, -0.25) is 9.87 Å². The molecule has 0 amide bonds. The van der Waals surface area contributed by atoms with Gasteiger partial charge in [0.15, 0.2) is 0 Å². The van der Waals surface area contributed by atoms with Gasteiger partial charge in [-0.15, -0.1) is 0 Å². The minimum Gasteiger partial charge on any atom is -0.270 e. The Labute approximate surface area is 176 Å². The summed E-state index contributed by atoms with van der Waals surface area (Å²) in [5, 5.41) is 6.58. The fourth-order valence-electron chi connectivity index (χ4n) is 2.78. The maximum absolute atomic E-state index is 11.5. The molecule has 0 aromatic heterocycles. The molecule has 8 heteroatoms. The molecular weight excluding hydrogens is 390 g/mol. The average Bonchev–Trinajstić information content (AvgIpc) is 2.43. The number of nitrogens with zero attached hydrogens (tertiary/aromatic N) is 1. The zero-order valence-corrected chi connectivity index (χ0v) is 20.5. The summed E-state index contributed by atoms with van der Waals surface area (Å²) in [7, 11) is -4.72. The van der Waals surface area contributed by atoms with Gasteiger partial charge in [-0.05, 0) is 77.5 Å². The number of hydrogen-bond donors (Lipinski definition) is 3. The largest absolute Gasteiger partial charge is 0.476 e. The predicted octanol–water partition coefficient (Wildman–Crippen LogP) is 4.30. The van der Waals surface area contributed by atoms with E-state index in [1.807, 2.05) is 34.6 Å². The second-order valence-electron chi connectivity index (χ2n) is 10.6. The van der Waals surface area contributed by atoms with Gasteiger partial charge < -0.3 is 0 Å². The Bertz CT molecular complexity index is 861. The van der Waals surface area contributed by atoms with Gasteiger partial charge in [0, 0.05) is 0 Å². The highest BCUT2D eigenvalue weighted by atomic mass is 32.3. The third kappa shape index (κ3) is 7.85. The molecule has 1 rings (SSSR count). The number of guanidine groups is 1. The van der Waals surface area contributed by atoms with Crippen LogP contribution < -0.4 is 10.6 Å². The summed E-state index contributed by atoms with van der Waals surface area (Å²) < 4.78 is 38.5. The van der Waals surface area contributed by atoms with Crippen LogP contribution in [-0.4, -0.2) is 34.7 Å². The summed E-state index contributed by atoms with van der Waals surface area (Å²) >= 11 is 0. The number of aryl methyl sites for hydroxylation is 2. The maximum Gasteiger partial charge on any atom is 0.476 e. The monoisotopic (exact) mass is 428 g/mol. The van der Waals surface area contributed by atoms with Gasteiger partial charge in [0.05, 0.1) is 5.54 Å². The molecule has 0 bridgehead atoms. The number of benzene rings is 1. The van der Waals surface area contributed by atoms with E-state index < -0.39 is 21.5 Å². The average molecular weight is 429 g/mol. The summed E-state index contributed by atoms with van der Waals surface area (Å²) in [5.41, 5.74) is 2.93. The van der Waals surface area contributed by atoms with E-state index >= 15 is 0 Å². The highest BCUT2D eigenvalue weighted by Crippen LogP contribution is 2.29. The Hall–Kier alpha value is -1.80. The van der Waals surface area contributed by atoms with Crippen LogP contribution in [0.1, 0.15) is 79.0 Å². The van der Waals surface area contributed by atoms with Crippen LogP contribution in [0.25, 0.3) is 0 Å². The fraction of sp³-hybridized carbons (Fsp3) is 0.667. The second kappa shape index (κ2) is 8.14. The molecule has 0 unspecified atom stereocenters. The van der Waals surface area contributed by atoms with E-state index in [-0.39, 0.29) is 5.41 Å². The third-order valence-corrected chi connectivity index (χ3v) is 4.45. The van der Waals surface area contributed by atoms with Crippen molar-refractivity contribution in [3.8, 4) is 0 Å². The minimum atomic E-state index is -4.72. The van der Waals surface area contributed by atoms with Gasteiger partial charge in [-0.25, -0.2) is 9.60 Å². The minimum absolute atomic E-state index is 0.00970. The molecule has 0 saturated carbocycles. The molecule has 0 heterocycles. The highest BCUT2D eigenvalue weighted by molar-refractivity contribution is 7.80. The van der Waals surface area contributed by atoms with Crippen molar-refractivity contribution in [2.24, 2.45) is 0 Å². The molecule has 1 aromatic rings. The van der Waals surface area contributed by atoms with Crippen molar-refractivity contribution < 1.29 is 22.0 Å². The SMILES string of the molecule is Cc1cc(C(C)(C)C)cc(C)c1N/C(NC(C)(C)C)=[N+](/OS(=O)(=O)O)C(C)(C)C. The van der Waals surface area contributed by atoms with E-state index in [1.165, 1.54) is 5.56 Å². The Balaban J connectivity index is 3.66. The van der Waals surface area contributed by atoms with E-state index in [2.05, 4.69) is 43.5 Å². The lowest BCUT2D eigenvalue weighted by Gasteiger charge is -2.27. The van der Waals surface area contributed by atoms with Crippen LogP contribution in [0.3, 0.4) is 0 Å². The van der Waals surface area contributed by atoms with E-state index in [9.17, 15) is 13.0 Å². The Kier molecular flexibility index (Phi) is 7.09. The number of nitrogens with one attached hydrogen (secondary N) is 2. The lowest BCUT2D eigenvalue weighted by atomic mass is 9.85. The van der Waals surface area contributed by atoms with Crippen LogP contribution in [0.4, 0.5) is 5.69 Å². The fourth-order valence-corrected chi connectivity index (χ4v) is 3.27. The summed E-state index contributed by atoms with van der Waals surface area (Å²) in [4.78, 5) is 0. The van der Waals surface area contributed by atoms with Gasteiger partial charge >= 0.3 is 16.4 Å². The zero-order valence-electron chi connectivity index (χ0n) is 19.7. The molecule has 29 heavy (non-hydrogen) atoms. The number of anilines is 1. The van der Waals surface area contributed by atoms with Crippen LogP contribution in [-0.2, 0) is 20.1 Å². The van der Waals surface area contributed by atoms with Crippen molar-refractivity contribution in [3.63, 3.8) is 0 Å². The first-order chi connectivity index (χ1) is 12.7. The molecule has 0 aliphatic carbocycles. The van der Waals surface area contributed by atoms with Crippen molar-refractivity contribution in [2.45, 2.75) is 92.7 Å². The molecule has 0 atom stereocenters. The van der Waals surface area contributed by atoms with Gasteiger partial charge in [0.25, 0.3) is 0 Å². The van der Waals surface area contributed by atoms with Crippen molar-refractivity contribution >= 4 is 22.0 Å². The molecule has 1 aromatic carbocycles. The van der Waals surface area contributed by atoms with Gasteiger partial charge in [-0.1, -0.05) is 37.6 Å². The molecule has 3 N–H and O–H groups in total. The molecule has 7 nitrogen and oxygen atoms in total.